The SMILES string of the molecule is Cc1cccc(C)c1OCCCNC(N)=O. The molecule has 0 saturated carbocycles. The summed E-state index contributed by atoms with van der Waals surface area (Å²) >= 11 is 0. The Hall–Kier alpha value is -1.71. The Labute approximate surface area is 95.8 Å². The van der Waals surface area contributed by atoms with Gasteiger partial charge in [-0.1, -0.05) is 18.2 Å². The number of para-hydroxylation sites is 1. The fourth-order valence-corrected chi connectivity index (χ4v) is 1.48. The maximum atomic E-state index is 10.4. The van der Waals surface area contributed by atoms with E-state index in [0.29, 0.717) is 13.2 Å². The Balaban J connectivity index is 2.34. The van der Waals surface area contributed by atoms with Crippen LogP contribution in [0.25, 0.3) is 0 Å². The van der Waals surface area contributed by atoms with Crippen molar-refractivity contribution in [3.8, 4) is 5.75 Å². The molecule has 16 heavy (non-hydrogen) atoms. The molecule has 0 fully saturated rings. The van der Waals surface area contributed by atoms with Crippen molar-refractivity contribution in [2.45, 2.75) is 20.3 Å². The summed E-state index contributed by atoms with van der Waals surface area (Å²) in [5, 5.41) is 2.52. The molecule has 0 radical (unpaired) electrons. The molecule has 0 aliphatic heterocycles. The maximum absolute atomic E-state index is 10.4. The number of aryl methyl sites for hydroxylation is 2. The van der Waals surface area contributed by atoms with Crippen LogP contribution in [0.1, 0.15) is 17.5 Å². The zero-order chi connectivity index (χ0) is 12.0. The number of nitrogens with two attached hydrogens (primary N) is 1. The van der Waals surface area contributed by atoms with Crippen molar-refractivity contribution in [1.29, 1.82) is 0 Å². The molecule has 0 aromatic heterocycles. The Morgan fingerprint density at radius 1 is 1.38 bits per heavy atom. The van der Waals surface area contributed by atoms with Crippen LogP contribution in [0.4, 0.5) is 4.79 Å². The maximum Gasteiger partial charge on any atom is 0.312 e. The molecule has 1 aromatic carbocycles. The van der Waals surface area contributed by atoms with E-state index in [9.17, 15) is 4.79 Å². The second-order valence-electron chi connectivity index (χ2n) is 3.71. The number of rotatable bonds is 5. The minimum absolute atomic E-state index is 0.493. The molecule has 0 saturated heterocycles. The highest BCUT2D eigenvalue weighted by Crippen LogP contribution is 2.22. The molecule has 0 bridgehead atoms. The first kappa shape index (κ1) is 12.4. The second-order valence-corrected chi connectivity index (χ2v) is 3.71. The third-order valence-electron chi connectivity index (χ3n) is 2.28. The van der Waals surface area contributed by atoms with Gasteiger partial charge in [0.05, 0.1) is 6.61 Å². The molecule has 4 heteroatoms. The van der Waals surface area contributed by atoms with Crippen LogP contribution in [0, 0.1) is 13.8 Å². The van der Waals surface area contributed by atoms with Crippen LogP contribution in [-0.2, 0) is 0 Å². The minimum Gasteiger partial charge on any atom is -0.493 e. The smallest absolute Gasteiger partial charge is 0.312 e. The van der Waals surface area contributed by atoms with Gasteiger partial charge < -0.3 is 15.8 Å². The van der Waals surface area contributed by atoms with Gasteiger partial charge in [0.15, 0.2) is 0 Å². The lowest BCUT2D eigenvalue weighted by Crippen LogP contribution is -2.30. The summed E-state index contributed by atoms with van der Waals surface area (Å²) in [6.07, 6.45) is 0.747. The number of carbonyl (C=O) groups is 1. The van der Waals surface area contributed by atoms with Gasteiger partial charge in [-0.3, -0.25) is 0 Å². The second kappa shape index (κ2) is 6.00. The van der Waals surface area contributed by atoms with Crippen molar-refractivity contribution in [2.75, 3.05) is 13.2 Å². The zero-order valence-electron chi connectivity index (χ0n) is 9.75. The summed E-state index contributed by atoms with van der Waals surface area (Å²) in [6, 6.07) is 5.55. The molecule has 0 unspecified atom stereocenters. The lowest BCUT2D eigenvalue weighted by molar-refractivity contribution is 0.247. The molecule has 1 aromatic rings. The number of benzene rings is 1. The molecular formula is C12H18N2O2. The van der Waals surface area contributed by atoms with Gasteiger partial charge in [0.1, 0.15) is 5.75 Å². The standard InChI is InChI=1S/C12H18N2O2/c1-9-5-3-6-10(2)11(9)16-8-4-7-14-12(13)15/h3,5-6H,4,7-8H2,1-2H3,(H3,13,14,15). The lowest BCUT2D eigenvalue weighted by Gasteiger charge is -2.11. The normalized spacial score (nSPS) is 9.88. The van der Waals surface area contributed by atoms with E-state index in [0.717, 1.165) is 23.3 Å². The van der Waals surface area contributed by atoms with Crippen LogP contribution in [0.3, 0.4) is 0 Å². The van der Waals surface area contributed by atoms with Crippen molar-refractivity contribution in [1.82, 2.24) is 5.32 Å². The fraction of sp³-hybridized carbons (Fsp3) is 0.417. The van der Waals surface area contributed by atoms with E-state index >= 15 is 0 Å². The van der Waals surface area contributed by atoms with Crippen LogP contribution < -0.4 is 15.8 Å². The molecule has 0 atom stereocenters. The van der Waals surface area contributed by atoms with E-state index < -0.39 is 6.03 Å². The van der Waals surface area contributed by atoms with Crippen LogP contribution in [0.2, 0.25) is 0 Å². The number of primary amides is 1. The summed E-state index contributed by atoms with van der Waals surface area (Å²) in [7, 11) is 0. The summed E-state index contributed by atoms with van der Waals surface area (Å²) in [5.41, 5.74) is 7.20. The van der Waals surface area contributed by atoms with Crippen molar-refractivity contribution in [2.24, 2.45) is 5.73 Å². The van der Waals surface area contributed by atoms with Gasteiger partial charge in [-0.15, -0.1) is 0 Å². The van der Waals surface area contributed by atoms with Crippen LogP contribution in [0.5, 0.6) is 5.75 Å². The van der Waals surface area contributed by atoms with Crippen molar-refractivity contribution in [3.63, 3.8) is 0 Å². The Morgan fingerprint density at radius 3 is 2.56 bits per heavy atom. The monoisotopic (exact) mass is 222 g/mol. The van der Waals surface area contributed by atoms with Gasteiger partial charge in [0.2, 0.25) is 0 Å². The van der Waals surface area contributed by atoms with Gasteiger partial charge in [0.25, 0.3) is 0 Å². The molecule has 4 nitrogen and oxygen atoms in total. The quantitative estimate of drug-likeness (QED) is 0.745. The average Bonchev–Trinajstić information content (AvgIpc) is 2.21. The predicted molar refractivity (Wildman–Crippen MR) is 63.6 cm³/mol. The van der Waals surface area contributed by atoms with E-state index in [1.807, 2.05) is 32.0 Å². The van der Waals surface area contributed by atoms with E-state index in [2.05, 4.69) is 5.32 Å². The number of urea groups is 1. The highest BCUT2D eigenvalue weighted by atomic mass is 16.5. The molecule has 0 heterocycles. The molecule has 3 N–H and O–H groups in total. The van der Waals surface area contributed by atoms with Gasteiger partial charge >= 0.3 is 6.03 Å². The third kappa shape index (κ3) is 3.81. The number of hydrogen-bond donors (Lipinski definition) is 2. The first-order valence-electron chi connectivity index (χ1n) is 5.33. The number of carbonyl (C=O) groups excluding carboxylic acids is 1. The van der Waals surface area contributed by atoms with Crippen LogP contribution in [0.15, 0.2) is 18.2 Å². The van der Waals surface area contributed by atoms with Crippen molar-refractivity contribution in [3.05, 3.63) is 29.3 Å². The number of nitrogens with one attached hydrogen (secondary N) is 1. The summed E-state index contributed by atoms with van der Waals surface area (Å²) < 4.78 is 5.66. The van der Waals surface area contributed by atoms with E-state index in [1.54, 1.807) is 0 Å². The van der Waals surface area contributed by atoms with E-state index in [-0.39, 0.29) is 0 Å². The zero-order valence-corrected chi connectivity index (χ0v) is 9.75. The third-order valence-corrected chi connectivity index (χ3v) is 2.28. The Bertz CT molecular complexity index is 344. The molecule has 2 amide bonds. The fourth-order valence-electron chi connectivity index (χ4n) is 1.48. The molecule has 0 aliphatic rings. The van der Waals surface area contributed by atoms with Gasteiger partial charge in [-0.2, -0.15) is 0 Å². The molecule has 88 valence electrons. The summed E-state index contributed by atoms with van der Waals surface area (Å²) in [5.74, 6) is 0.932. The van der Waals surface area contributed by atoms with Gasteiger partial charge in [-0.25, -0.2) is 4.79 Å². The first-order valence-corrected chi connectivity index (χ1v) is 5.33. The van der Waals surface area contributed by atoms with Gasteiger partial charge in [-0.05, 0) is 31.4 Å². The Morgan fingerprint density at radius 2 is 2.00 bits per heavy atom. The molecule has 0 aliphatic carbocycles. The largest absolute Gasteiger partial charge is 0.493 e. The molecule has 0 spiro atoms. The summed E-state index contributed by atoms with van der Waals surface area (Å²) in [6.45, 7) is 5.15. The molecule has 1 rings (SSSR count). The van der Waals surface area contributed by atoms with E-state index in [1.165, 1.54) is 0 Å². The Kier molecular flexibility index (Phi) is 4.64. The van der Waals surface area contributed by atoms with Crippen LogP contribution in [-0.4, -0.2) is 19.2 Å². The number of ether oxygens (including phenoxy) is 1. The van der Waals surface area contributed by atoms with E-state index in [4.69, 9.17) is 10.5 Å². The predicted octanol–water partition coefficient (Wildman–Crippen LogP) is 1.74. The van der Waals surface area contributed by atoms with Crippen molar-refractivity contribution < 1.29 is 9.53 Å². The van der Waals surface area contributed by atoms with Gasteiger partial charge in [0, 0.05) is 6.54 Å². The average molecular weight is 222 g/mol. The number of hydrogen-bond acceptors (Lipinski definition) is 2. The first-order chi connectivity index (χ1) is 7.61. The van der Waals surface area contributed by atoms with Crippen molar-refractivity contribution >= 4 is 6.03 Å². The minimum atomic E-state index is -0.493. The summed E-state index contributed by atoms with van der Waals surface area (Å²) in [4.78, 5) is 10.4. The highest BCUT2D eigenvalue weighted by molar-refractivity contribution is 5.71. The molecular weight excluding hydrogens is 204 g/mol. The number of amides is 2. The highest BCUT2D eigenvalue weighted by Gasteiger charge is 2.02. The van der Waals surface area contributed by atoms with Crippen LogP contribution >= 0.6 is 0 Å². The lowest BCUT2D eigenvalue weighted by atomic mass is 10.1. The topological polar surface area (TPSA) is 64.3 Å².